The highest BCUT2D eigenvalue weighted by molar-refractivity contribution is 7.12. The number of halogens is 1. The van der Waals surface area contributed by atoms with Crippen molar-refractivity contribution in [2.24, 2.45) is 0 Å². The quantitative estimate of drug-likeness (QED) is 0.871. The van der Waals surface area contributed by atoms with Gasteiger partial charge in [-0.05, 0) is 55.0 Å². The first-order valence-corrected chi connectivity index (χ1v) is 7.11. The minimum Gasteiger partial charge on any atom is -0.383 e. The molecule has 1 aliphatic rings. The monoisotopic (exact) mass is 262 g/mol. The van der Waals surface area contributed by atoms with E-state index in [4.69, 9.17) is 0 Å². The van der Waals surface area contributed by atoms with Crippen molar-refractivity contribution in [2.45, 2.75) is 31.8 Å². The Balaban J connectivity index is 1.92. The molecule has 1 heterocycles. The van der Waals surface area contributed by atoms with Gasteiger partial charge in [0.05, 0.1) is 0 Å². The molecule has 0 radical (unpaired) electrons. The number of hydrogen-bond donors (Lipinski definition) is 1. The van der Waals surface area contributed by atoms with Gasteiger partial charge in [-0.1, -0.05) is 12.1 Å². The SMILES string of the molecule is OC(c1cccc(F)c1)c1cc2c(s1)CCCC2. The molecule has 1 N–H and O–H groups in total. The summed E-state index contributed by atoms with van der Waals surface area (Å²) in [5.41, 5.74) is 2.00. The van der Waals surface area contributed by atoms with Crippen LogP contribution in [0.25, 0.3) is 0 Å². The van der Waals surface area contributed by atoms with E-state index in [1.165, 1.54) is 35.4 Å². The maximum Gasteiger partial charge on any atom is 0.123 e. The molecule has 18 heavy (non-hydrogen) atoms. The topological polar surface area (TPSA) is 20.2 Å². The van der Waals surface area contributed by atoms with Crippen LogP contribution in [0.2, 0.25) is 0 Å². The molecule has 0 bridgehead atoms. The van der Waals surface area contributed by atoms with Crippen molar-refractivity contribution in [3.8, 4) is 0 Å². The predicted octanol–water partition coefficient (Wildman–Crippen LogP) is 3.85. The van der Waals surface area contributed by atoms with Crippen molar-refractivity contribution in [1.29, 1.82) is 0 Å². The van der Waals surface area contributed by atoms with Gasteiger partial charge in [-0.15, -0.1) is 11.3 Å². The predicted molar refractivity (Wildman–Crippen MR) is 71.4 cm³/mol. The first kappa shape index (κ1) is 11.9. The van der Waals surface area contributed by atoms with Crippen LogP contribution in [0.4, 0.5) is 4.39 Å². The zero-order valence-electron chi connectivity index (χ0n) is 10.0. The van der Waals surface area contributed by atoms with Crippen LogP contribution in [0, 0.1) is 5.82 Å². The lowest BCUT2D eigenvalue weighted by molar-refractivity contribution is 0.223. The Morgan fingerprint density at radius 2 is 2.00 bits per heavy atom. The van der Waals surface area contributed by atoms with Crippen LogP contribution >= 0.6 is 11.3 Å². The van der Waals surface area contributed by atoms with Crippen LogP contribution in [0.1, 0.15) is 39.8 Å². The Kier molecular flexibility index (Phi) is 3.18. The fraction of sp³-hybridized carbons (Fsp3) is 0.333. The first-order valence-electron chi connectivity index (χ1n) is 6.29. The lowest BCUT2D eigenvalue weighted by Gasteiger charge is -2.08. The van der Waals surface area contributed by atoms with E-state index < -0.39 is 6.10 Å². The fourth-order valence-electron chi connectivity index (χ4n) is 2.49. The third-order valence-electron chi connectivity index (χ3n) is 3.45. The van der Waals surface area contributed by atoms with Gasteiger partial charge in [0, 0.05) is 9.75 Å². The van der Waals surface area contributed by atoms with E-state index in [2.05, 4.69) is 6.07 Å². The molecule has 0 spiro atoms. The van der Waals surface area contributed by atoms with E-state index in [9.17, 15) is 9.50 Å². The second-order valence-corrected chi connectivity index (χ2v) is 5.93. The van der Waals surface area contributed by atoms with Gasteiger partial charge in [-0.3, -0.25) is 0 Å². The van der Waals surface area contributed by atoms with Crippen LogP contribution in [0.5, 0.6) is 0 Å². The third-order valence-corrected chi connectivity index (χ3v) is 4.74. The van der Waals surface area contributed by atoms with Gasteiger partial charge in [0.1, 0.15) is 11.9 Å². The summed E-state index contributed by atoms with van der Waals surface area (Å²) in [6, 6.07) is 8.31. The number of rotatable bonds is 2. The molecule has 0 amide bonds. The molecule has 1 nitrogen and oxygen atoms in total. The van der Waals surface area contributed by atoms with Crippen molar-refractivity contribution in [2.75, 3.05) is 0 Å². The average Bonchev–Trinajstić information content (AvgIpc) is 2.81. The molecule has 1 aliphatic carbocycles. The van der Waals surface area contributed by atoms with Crippen molar-refractivity contribution < 1.29 is 9.50 Å². The van der Waals surface area contributed by atoms with Crippen molar-refractivity contribution in [1.82, 2.24) is 0 Å². The van der Waals surface area contributed by atoms with Crippen LogP contribution in [-0.4, -0.2) is 5.11 Å². The standard InChI is InChI=1S/C15H15FOS/c16-12-6-3-5-11(8-12)15(17)14-9-10-4-1-2-7-13(10)18-14/h3,5-6,8-9,15,17H,1-2,4,7H2. The highest BCUT2D eigenvalue weighted by Crippen LogP contribution is 2.35. The van der Waals surface area contributed by atoms with Gasteiger partial charge in [0.2, 0.25) is 0 Å². The van der Waals surface area contributed by atoms with Crippen LogP contribution < -0.4 is 0 Å². The molecular weight excluding hydrogens is 247 g/mol. The summed E-state index contributed by atoms with van der Waals surface area (Å²) < 4.78 is 13.2. The summed E-state index contributed by atoms with van der Waals surface area (Å²) in [5.74, 6) is -0.298. The van der Waals surface area contributed by atoms with Gasteiger partial charge in [-0.25, -0.2) is 4.39 Å². The zero-order valence-corrected chi connectivity index (χ0v) is 10.8. The van der Waals surface area contributed by atoms with Gasteiger partial charge in [-0.2, -0.15) is 0 Å². The Bertz CT molecular complexity index is 538. The van der Waals surface area contributed by atoms with E-state index in [0.29, 0.717) is 5.56 Å². The Hall–Kier alpha value is -1.19. The van der Waals surface area contributed by atoms with Crippen molar-refractivity contribution >= 4 is 11.3 Å². The zero-order chi connectivity index (χ0) is 12.5. The number of thiophene rings is 1. The molecule has 1 atom stereocenters. The van der Waals surface area contributed by atoms with Crippen molar-refractivity contribution in [3.63, 3.8) is 0 Å². The molecule has 0 saturated carbocycles. The van der Waals surface area contributed by atoms with Gasteiger partial charge in [0.25, 0.3) is 0 Å². The highest BCUT2D eigenvalue weighted by atomic mass is 32.1. The summed E-state index contributed by atoms with van der Waals surface area (Å²) in [6.45, 7) is 0. The maximum atomic E-state index is 13.2. The van der Waals surface area contributed by atoms with Crippen LogP contribution in [0.15, 0.2) is 30.3 Å². The molecule has 1 aromatic heterocycles. The van der Waals surface area contributed by atoms with E-state index in [1.54, 1.807) is 23.5 Å². The maximum absolute atomic E-state index is 13.2. The van der Waals surface area contributed by atoms with Gasteiger partial charge in [0.15, 0.2) is 0 Å². The number of aliphatic hydroxyl groups excluding tert-OH is 1. The second-order valence-electron chi connectivity index (χ2n) is 4.76. The number of benzene rings is 1. The minimum atomic E-state index is -0.698. The molecular formula is C15H15FOS. The number of fused-ring (bicyclic) bond motifs is 1. The normalized spacial score (nSPS) is 16.3. The number of aliphatic hydroxyl groups is 1. The molecule has 1 unspecified atom stereocenters. The summed E-state index contributed by atoms with van der Waals surface area (Å²) in [6.07, 6.45) is 4.01. The molecule has 0 saturated heterocycles. The molecule has 94 valence electrons. The number of aryl methyl sites for hydroxylation is 2. The molecule has 3 rings (SSSR count). The van der Waals surface area contributed by atoms with E-state index in [0.717, 1.165) is 17.7 Å². The van der Waals surface area contributed by atoms with E-state index in [-0.39, 0.29) is 5.82 Å². The second kappa shape index (κ2) is 4.82. The minimum absolute atomic E-state index is 0.298. The summed E-state index contributed by atoms with van der Waals surface area (Å²) in [4.78, 5) is 2.33. The smallest absolute Gasteiger partial charge is 0.123 e. The Morgan fingerprint density at radius 1 is 1.17 bits per heavy atom. The Morgan fingerprint density at radius 3 is 2.78 bits per heavy atom. The van der Waals surface area contributed by atoms with Gasteiger partial charge < -0.3 is 5.11 Å². The summed E-state index contributed by atoms with van der Waals surface area (Å²) in [7, 11) is 0. The van der Waals surface area contributed by atoms with Gasteiger partial charge >= 0.3 is 0 Å². The summed E-state index contributed by atoms with van der Waals surface area (Å²) in [5, 5.41) is 10.3. The van der Waals surface area contributed by atoms with E-state index >= 15 is 0 Å². The molecule has 0 fully saturated rings. The molecule has 1 aromatic carbocycles. The van der Waals surface area contributed by atoms with Crippen LogP contribution in [-0.2, 0) is 12.8 Å². The van der Waals surface area contributed by atoms with E-state index in [1.807, 2.05) is 0 Å². The molecule has 2 aromatic rings. The number of hydrogen-bond acceptors (Lipinski definition) is 2. The van der Waals surface area contributed by atoms with Crippen molar-refractivity contribution in [3.05, 3.63) is 57.0 Å². The lowest BCUT2D eigenvalue weighted by atomic mass is 9.98. The molecule has 3 heteroatoms. The highest BCUT2D eigenvalue weighted by Gasteiger charge is 2.18. The third kappa shape index (κ3) is 2.20. The largest absolute Gasteiger partial charge is 0.383 e. The molecule has 0 aliphatic heterocycles. The first-order chi connectivity index (χ1) is 8.74. The lowest BCUT2D eigenvalue weighted by Crippen LogP contribution is -1.97. The fourth-order valence-corrected chi connectivity index (χ4v) is 3.76. The Labute approximate surface area is 110 Å². The van der Waals surface area contributed by atoms with Crippen LogP contribution in [0.3, 0.4) is 0 Å². The summed E-state index contributed by atoms with van der Waals surface area (Å²) >= 11 is 1.67. The average molecular weight is 262 g/mol.